The Labute approximate surface area is 118 Å². The zero-order chi connectivity index (χ0) is 14.5. The highest BCUT2D eigenvalue weighted by molar-refractivity contribution is 6.30. The number of aromatic nitrogens is 1. The van der Waals surface area contributed by atoms with Gasteiger partial charge >= 0.3 is 0 Å². The Balaban J connectivity index is 2.10. The first kappa shape index (κ1) is 13.5. The lowest BCUT2D eigenvalue weighted by atomic mass is 9.91. The Kier molecular flexibility index (Phi) is 3.06. The molecular weight excluding hydrogens is 291 g/mol. The van der Waals surface area contributed by atoms with Gasteiger partial charge in [-0.25, -0.2) is 13.2 Å². The molecule has 1 atom stereocenters. The normalized spacial score (nSPS) is 20.8. The molecule has 20 heavy (non-hydrogen) atoms. The summed E-state index contributed by atoms with van der Waals surface area (Å²) in [5.41, 5.74) is 0.983. The summed E-state index contributed by atoms with van der Waals surface area (Å²) in [6.07, 6.45) is -0.837. The van der Waals surface area contributed by atoms with Crippen LogP contribution in [0.1, 0.15) is 23.8 Å². The van der Waals surface area contributed by atoms with E-state index in [1.807, 2.05) is 0 Å². The Hall–Kier alpha value is -1.46. The van der Waals surface area contributed by atoms with Crippen molar-refractivity contribution in [2.24, 2.45) is 0 Å². The summed E-state index contributed by atoms with van der Waals surface area (Å²) in [5.74, 6) is -3.67. The van der Waals surface area contributed by atoms with Crippen molar-refractivity contribution >= 4 is 11.6 Å². The molecule has 1 heterocycles. The van der Waals surface area contributed by atoms with Crippen molar-refractivity contribution in [3.8, 4) is 5.69 Å². The maximum atomic E-state index is 13.5. The number of alkyl halides is 2. The molecular formula is C14H10ClF3NO. The number of benzene rings is 1. The van der Waals surface area contributed by atoms with Gasteiger partial charge in [0.25, 0.3) is 5.92 Å². The van der Waals surface area contributed by atoms with Gasteiger partial charge in [0.05, 0.1) is 0 Å². The van der Waals surface area contributed by atoms with Crippen LogP contribution < -0.4 is 0 Å². The summed E-state index contributed by atoms with van der Waals surface area (Å²) in [7, 11) is 0. The quantitative estimate of drug-likeness (QED) is 0.854. The van der Waals surface area contributed by atoms with Crippen molar-refractivity contribution in [1.82, 2.24) is 4.57 Å². The summed E-state index contributed by atoms with van der Waals surface area (Å²) in [6.45, 7) is 0. The summed E-state index contributed by atoms with van der Waals surface area (Å²) >= 11 is 5.79. The van der Waals surface area contributed by atoms with E-state index in [1.165, 1.54) is 22.9 Å². The highest BCUT2D eigenvalue weighted by Gasteiger charge is 2.44. The van der Waals surface area contributed by atoms with Crippen LogP contribution in [0.25, 0.3) is 5.69 Å². The number of fused-ring (bicyclic) bond motifs is 1. The maximum Gasteiger partial charge on any atom is 0.278 e. The fraction of sp³-hybridized carbons (Fsp3) is 0.286. The molecule has 6 heteroatoms. The highest BCUT2D eigenvalue weighted by atomic mass is 35.5. The van der Waals surface area contributed by atoms with Crippen molar-refractivity contribution in [3.05, 3.63) is 52.6 Å². The lowest BCUT2D eigenvalue weighted by Gasteiger charge is -2.28. The largest absolute Gasteiger partial charge is 0.382 e. The average molecular weight is 301 g/mol. The number of halogens is 4. The molecule has 0 saturated carbocycles. The van der Waals surface area contributed by atoms with E-state index < -0.39 is 24.3 Å². The van der Waals surface area contributed by atoms with E-state index in [2.05, 4.69) is 6.07 Å². The molecule has 1 aliphatic rings. The molecule has 3 rings (SSSR count). The molecule has 0 bridgehead atoms. The number of aliphatic hydroxyl groups excluding tert-OH is 1. The molecule has 1 N–H and O–H groups in total. The van der Waals surface area contributed by atoms with Crippen LogP contribution in [0.2, 0.25) is 5.02 Å². The van der Waals surface area contributed by atoms with Gasteiger partial charge in [-0.15, -0.1) is 0 Å². The van der Waals surface area contributed by atoms with Crippen molar-refractivity contribution in [2.45, 2.75) is 24.9 Å². The van der Waals surface area contributed by atoms with Crippen LogP contribution in [-0.2, 0) is 6.42 Å². The van der Waals surface area contributed by atoms with Crippen molar-refractivity contribution < 1.29 is 18.3 Å². The number of nitrogens with zero attached hydrogens (tertiary/aromatic N) is 1. The molecule has 1 radical (unpaired) electrons. The molecule has 0 fully saturated rings. The first-order valence-electron chi connectivity index (χ1n) is 6.02. The average Bonchev–Trinajstić information content (AvgIpc) is 2.77. The lowest BCUT2D eigenvalue weighted by molar-refractivity contribution is -0.122. The van der Waals surface area contributed by atoms with Gasteiger partial charge in [0.2, 0.25) is 0 Å². The predicted molar refractivity (Wildman–Crippen MR) is 67.8 cm³/mol. The van der Waals surface area contributed by atoms with Crippen LogP contribution in [-0.4, -0.2) is 15.6 Å². The number of aliphatic hydroxyl groups is 1. The van der Waals surface area contributed by atoms with Crippen molar-refractivity contribution in [2.75, 3.05) is 0 Å². The molecule has 0 aliphatic heterocycles. The van der Waals surface area contributed by atoms with Gasteiger partial charge < -0.3 is 9.67 Å². The topological polar surface area (TPSA) is 25.2 Å². The van der Waals surface area contributed by atoms with Crippen LogP contribution >= 0.6 is 11.6 Å². The fourth-order valence-electron chi connectivity index (χ4n) is 2.46. The van der Waals surface area contributed by atoms with Gasteiger partial charge in [-0.3, -0.25) is 0 Å². The third-order valence-electron chi connectivity index (χ3n) is 3.44. The minimum atomic E-state index is -3.16. The van der Waals surface area contributed by atoms with E-state index in [0.29, 0.717) is 11.4 Å². The van der Waals surface area contributed by atoms with E-state index in [0.717, 1.165) is 6.07 Å². The predicted octanol–water partition coefficient (Wildman–Crippen LogP) is 3.68. The van der Waals surface area contributed by atoms with Gasteiger partial charge in [0.1, 0.15) is 11.9 Å². The molecule has 1 unspecified atom stereocenters. The van der Waals surface area contributed by atoms with Crippen LogP contribution in [0.4, 0.5) is 13.2 Å². The molecule has 0 saturated heterocycles. The first-order chi connectivity index (χ1) is 9.38. The van der Waals surface area contributed by atoms with Crippen LogP contribution in [0.15, 0.2) is 24.4 Å². The van der Waals surface area contributed by atoms with E-state index in [9.17, 15) is 18.3 Å². The van der Waals surface area contributed by atoms with Crippen LogP contribution in [0.3, 0.4) is 0 Å². The monoisotopic (exact) mass is 300 g/mol. The molecule has 2 nitrogen and oxygen atoms in total. The number of hydrogen-bond acceptors (Lipinski definition) is 1. The Morgan fingerprint density at radius 1 is 1.35 bits per heavy atom. The Morgan fingerprint density at radius 3 is 2.80 bits per heavy atom. The van der Waals surface area contributed by atoms with E-state index in [4.69, 9.17) is 11.6 Å². The zero-order valence-electron chi connectivity index (χ0n) is 10.2. The second-order valence-corrected chi connectivity index (χ2v) is 5.23. The van der Waals surface area contributed by atoms with Gasteiger partial charge in [0.15, 0.2) is 0 Å². The van der Waals surface area contributed by atoms with Gasteiger partial charge in [0, 0.05) is 40.7 Å². The Morgan fingerprint density at radius 2 is 2.10 bits per heavy atom. The minimum absolute atomic E-state index is 0.0571. The highest BCUT2D eigenvalue weighted by Crippen LogP contribution is 2.42. The zero-order valence-corrected chi connectivity index (χ0v) is 11.0. The molecule has 1 aromatic carbocycles. The van der Waals surface area contributed by atoms with E-state index in [1.54, 1.807) is 0 Å². The SMILES string of the molecule is OC1c2[c]cn(-c3cc(F)cc(Cl)c3)c2CCC1(F)F. The maximum absolute atomic E-state index is 13.5. The van der Waals surface area contributed by atoms with Crippen molar-refractivity contribution in [3.63, 3.8) is 0 Å². The molecule has 2 aromatic rings. The van der Waals surface area contributed by atoms with Gasteiger partial charge in [-0.05, 0) is 24.6 Å². The van der Waals surface area contributed by atoms with Gasteiger partial charge in [-0.2, -0.15) is 0 Å². The fourth-order valence-corrected chi connectivity index (χ4v) is 2.67. The minimum Gasteiger partial charge on any atom is -0.382 e. The lowest BCUT2D eigenvalue weighted by Crippen LogP contribution is -2.32. The molecule has 1 aromatic heterocycles. The number of rotatable bonds is 1. The second kappa shape index (κ2) is 4.53. The smallest absolute Gasteiger partial charge is 0.278 e. The summed E-state index contributed by atoms with van der Waals surface area (Å²) < 4.78 is 41.8. The molecule has 0 amide bonds. The van der Waals surface area contributed by atoms with E-state index >= 15 is 0 Å². The summed E-state index contributed by atoms with van der Waals surface area (Å²) in [5, 5.41) is 9.88. The Bertz CT molecular complexity index is 648. The summed E-state index contributed by atoms with van der Waals surface area (Å²) in [4.78, 5) is 0. The van der Waals surface area contributed by atoms with Crippen LogP contribution in [0.5, 0.6) is 0 Å². The summed E-state index contributed by atoms with van der Waals surface area (Å²) in [6, 6.07) is 6.57. The molecule has 1 aliphatic carbocycles. The third-order valence-corrected chi connectivity index (χ3v) is 3.66. The standard InChI is InChI=1S/C14H10ClF3NO/c15-8-5-9(16)7-10(6-8)19-4-2-11-12(19)1-3-14(17,18)13(11)20/h4-7,13,20H,1,3H2. The second-order valence-electron chi connectivity index (χ2n) is 4.80. The number of hydrogen-bond donors (Lipinski definition) is 1. The van der Waals surface area contributed by atoms with Crippen LogP contribution in [0, 0.1) is 11.9 Å². The molecule has 105 valence electrons. The van der Waals surface area contributed by atoms with Crippen molar-refractivity contribution in [1.29, 1.82) is 0 Å². The first-order valence-corrected chi connectivity index (χ1v) is 6.40. The van der Waals surface area contributed by atoms with E-state index in [-0.39, 0.29) is 17.0 Å². The van der Waals surface area contributed by atoms with Gasteiger partial charge in [-0.1, -0.05) is 11.6 Å². The molecule has 0 spiro atoms. The third kappa shape index (κ3) is 2.11.